The number of esters is 2. The van der Waals surface area contributed by atoms with Crippen molar-refractivity contribution in [2.75, 3.05) is 13.2 Å². The molecule has 1 fully saturated rings. The Hall–Kier alpha value is -1.15. The molecule has 1 aliphatic carbocycles. The van der Waals surface area contributed by atoms with Crippen LogP contribution in [0.5, 0.6) is 0 Å². The van der Waals surface area contributed by atoms with E-state index >= 15 is 0 Å². The van der Waals surface area contributed by atoms with E-state index in [1.165, 1.54) is 0 Å². The molecular weight excluding hydrogens is 286 g/mol. The number of rotatable bonds is 7. The Labute approximate surface area is 119 Å². The van der Waals surface area contributed by atoms with E-state index in [0.29, 0.717) is 12.8 Å². The van der Waals surface area contributed by atoms with Crippen molar-refractivity contribution in [1.29, 1.82) is 0 Å². The second-order valence-electron chi connectivity index (χ2n) is 4.51. The molecule has 1 aliphatic rings. The Bertz CT molecular complexity index is 423. The maximum absolute atomic E-state index is 12.1. The lowest BCUT2D eigenvalue weighted by Gasteiger charge is -2.18. The second-order valence-corrected chi connectivity index (χ2v) is 6.50. The van der Waals surface area contributed by atoms with Crippen LogP contribution in [0.4, 0.5) is 0 Å². The van der Waals surface area contributed by atoms with Gasteiger partial charge >= 0.3 is 11.9 Å². The molecular formula is C12H21NO6S. The SMILES string of the molecule is CCOC(=O)C(NS(=O)(=O)C1CCCC1)C(=O)OCC. The smallest absolute Gasteiger partial charge is 0.335 e. The highest BCUT2D eigenvalue weighted by molar-refractivity contribution is 7.90. The van der Waals surface area contributed by atoms with E-state index in [-0.39, 0.29) is 13.2 Å². The lowest BCUT2D eigenvalue weighted by Crippen LogP contribution is -2.50. The third-order valence-electron chi connectivity index (χ3n) is 3.07. The Balaban J connectivity index is 2.82. The third-order valence-corrected chi connectivity index (χ3v) is 4.98. The van der Waals surface area contributed by atoms with Crippen LogP contribution in [0.1, 0.15) is 39.5 Å². The fourth-order valence-corrected chi connectivity index (χ4v) is 3.77. The first-order valence-electron chi connectivity index (χ1n) is 6.76. The van der Waals surface area contributed by atoms with Crippen LogP contribution in [0.25, 0.3) is 0 Å². The van der Waals surface area contributed by atoms with Crippen molar-refractivity contribution in [3.63, 3.8) is 0 Å². The largest absolute Gasteiger partial charge is 0.464 e. The van der Waals surface area contributed by atoms with E-state index in [2.05, 4.69) is 4.72 Å². The van der Waals surface area contributed by atoms with Crippen molar-refractivity contribution in [2.45, 2.75) is 50.8 Å². The summed E-state index contributed by atoms with van der Waals surface area (Å²) in [5, 5.41) is -0.561. The first-order chi connectivity index (χ1) is 9.42. The molecule has 1 rings (SSSR count). The lowest BCUT2D eigenvalue weighted by molar-refractivity contribution is -0.157. The van der Waals surface area contributed by atoms with E-state index in [1.807, 2.05) is 0 Å². The summed E-state index contributed by atoms with van der Waals surface area (Å²) in [6, 6.07) is -1.62. The standard InChI is InChI=1S/C12H21NO6S/c1-3-18-11(14)10(12(15)19-4-2)13-20(16,17)9-7-5-6-8-9/h9-10,13H,3-8H2,1-2H3. The average Bonchev–Trinajstić information content (AvgIpc) is 2.91. The molecule has 0 aromatic heterocycles. The minimum Gasteiger partial charge on any atom is -0.464 e. The molecule has 0 radical (unpaired) electrons. The van der Waals surface area contributed by atoms with E-state index in [9.17, 15) is 18.0 Å². The van der Waals surface area contributed by atoms with Crippen molar-refractivity contribution >= 4 is 22.0 Å². The van der Waals surface area contributed by atoms with Crippen LogP contribution in [0, 0.1) is 0 Å². The van der Waals surface area contributed by atoms with Crippen LogP contribution in [0.2, 0.25) is 0 Å². The van der Waals surface area contributed by atoms with Gasteiger partial charge in [-0.2, -0.15) is 4.72 Å². The van der Waals surface area contributed by atoms with Gasteiger partial charge in [-0.1, -0.05) is 12.8 Å². The molecule has 0 aromatic rings. The van der Waals surface area contributed by atoms with Crippen molar-refractivity contribution < 1.29 is 27.5 Å². The summed E-state index contributed by atoms with van der Waals surface area (Å²) >= 11 is 0. The molecule has 0 aromatic carbocycles. The van der Waals surface area contributed by atoms with Crippen molar-refractivity contribution in [3.05, 3.63) is 0 Å². The first-order valence-corrected chi connectivity index (χ1v) is 8.31. The zero-order valence-electron chi connectivity index (χ0n) is 11.8. The number of hydrogen-bond acceptors (Lipinski definition) is 6. The van der Waals surface area contributed by atoms with E-state index in [1.54, 1.807) is 13.8 Å². The minimum absolute atomic E-state index is 0.0555. The second kappa shape index (κ2) is 7.58. The predicted molar refractivity (Wildman–Crippen MR) is 71.4 cm³/mol. The minimum atomic E-state index is -3.74. The van der Waals surface area contributed by atoms with Crippen LogP contribution >= 0.6 is 0 Å². The number of sulfonamides is 1. The molecule has 0 heterocycles. The number of nitrogens with one attached hydrogen (secondary N) is 1. The molecule has 0 aliphatic heterocycles. The molecule has 0 amide bonds. The summed E-state index contributed by atoms with van der Waals surface area (Å²) in [7, 11) is -3.74. The molecule has 0 atom stereocenters. The van der Waals surface area contributed by atoms with Crippen molar-refractivity contribution in [1.82, 2.24) is 4.72 Å². The van der Waals surface area contributed by atoms with E-state index in [4.69, 9.17) is 9.47 Å². The van der Waals surface area contributed by atoms with Crippen molar-refractivity contribution in [2.24, 2.45) is 0 Å². The molecule has 7 nitrogen and oxygen atoms in total. The van der Waals surface area contributed by atoms with Crippen LogP contribution in [0.15, 0.2) is 0 Å². The molecule has 0 saturated heterocycles. The number of ether oxygens (including phenoxy) is 2. The van der Waals surface area contributed by atoms with Gasteiger partial charge in [-0.3, -0.25) is 0 Å². The lowest BCUT2D eigenvalue weighted by atomic mass is 10.3. The third kappa shape index (κ3) is 4.45. The van der Waals surface area contributed by atoms with Gasteiger partial charge < -0.3 is 9.47 Å². The number of carbonyl (C=O) groups is 2. The zero-order chi connectivity index (χ0) is 15.2. The van der Waals surface area contributed by atoms with Crippen LogP contribution in [0.3, 0.4) is 0 Å². The Morgan fingerprint density at radius 3 is 1.95 bits per heavy atom. The van der Waals surface area contributed by atoms with Gasteiger partial charge in [0.05, 0.1) is 18.5 Å². The summed E-state index contributed by atoms with van der Waals surface area (Å²) in [5.41, 5.74) is 0. The normalized spacial score (nSPS) is 16.4. The van der Waals surface area contributed by atoms with E-state index < -0.39 is 33.3 Å². The summed E-state index contributed by atoms with van der Waals surface area (Å²) in [6.45, 7) is 3.26. The molecule has 0 spiro atoms. The highest BCUT2D eigenvalue weighted by atomic mass is 32.2. The Morgan fingerprint density at radius 1 is 1.10 bits per heavy atom. The molecule has 116 valence electrons. The zero-order valence-corrected chi connectivity index (χ0v) is 12.6. The first kappa shape index (κ1) is 16.9. The van der Waals surface area contributed by atoms with Gasteiger partial charge in [0.15, 0.2) is 0 Å². The highest BCUT2D eigenvalue weighted by Gasteiger charge is 2.37. The van der Waals surface area contributed by atoms with Gasteiger partial charge in [-0.05, 0) is 26.7 Å². The van der Waals surface area contributed by atoms with Crippen LogP contribution in [-0.2, 0) is 29.1 Å². The van der Waals surface area contributed by atoms with Gasteiger partial charge in [-0.25, -0.2) is 18.0 Å². The molecule has 1 N–H and O–H groups in total. The van der Waals surface area contributed by atoms with Gasteiger partial charge in [0.1, 0.15) is 0 Å². The fourth-order valence-electron chi connectivity index (χ4n) is 2.10. The summed E-state index contributed by atoms with van der Waals surface area (Å²) in [5.74, 6) is -1.87. The van der Waals surface area contributed by atoms with Gasteiger partial charge in [0.25, 0.3) is 0 Å². The monoisotopic (exact) mass is 307 g/mol. The molecule has 8 heteroatoms. The maximum atomic E-state index is 12.1. The Kier molecular flexibility index (Phi) is 6.41. The van der Waals surface area contributed by atoms with E-state index in [0.717, 1.165) is 12.8 Å². The number of carbonyl (C=O) groups excluding carboxylic acids is 2. The molecule has 0 unspecified atom stereocenters. The quantitative estimate of drug-likeness (QED) is 0.538. The van der Waals surface area contributed by atoms with Gasteiger partial charge in [-0.15, -0.1) is 0 Å². The summed E-state index contributed by atoms with van der Waals surface area (Å²) < 4.78 is 35.8. The molecule has 1 saturated carbocycles. The van der Waals surface area contributed by atoms with Crippen LogP contribution < -0.4 is 4.72 Å². The fraction of sp³-hybridized carbons (Fsp3) is 0.833. The predicted octanol–water partition coefficient (Wildman–Crippen LogP) is 0.343. The van der Waals surface area contributed by atoms with Crippen molar-refractivity contribution in [3.8, 4) is 0 Å². The molecule has 20 heavy (non-hydrogen) atoms. The Morgan fingerprint density at radius 2 is 1.55 bits per heavy atom. The maximum Gasteiger partial charge on any atom is 0.335 e. The number of hydrogen-bond donors (Lipinski definition) is 1. The molecule has 0 bridgehead atoms. The summed E-state index contributed by atoms with van der Waals surface area (Å²) in [6.07, 6.45) is 2.73. The average molecular weight is 307 g/mol. The topological polar surface area (TPSA) is 98.8 Å². The highest BCUT2D eigenvalue weighted by Crippen LogP contribution is 2.24. The summed E-state index contributed by atoms with van der Waals surface area (Å²) in [4.78, 5) is 23.4. The van der Waals surface area contributed by atoms with Gasteiger partial charge in [0, 0.05) is 0 Å². The van der Waals surface area contributed by atoms with Gasteiger partial charge in [0.2, 0.25) is 16.1 Å². The van der Waals surface area contributed by atoms with Crippen LogP contribution in [-0.4, -0.2) is 44.9 Å².